The SMILES string of the molecule is Nc1ccc(N(CCCN2CCCCC2)C(=O)C(F)(F)F)c2ccccc12. The molecule has 0 radical (unpaired) electrons. The van der Waals surface area contributed by atoms with E-state index < -0.39 is 12.1 Å². The van der Waals surface area contributed by atoms with E-state index in [1.54, 1.807) is 30.3 Å². The van der Waals surface area contributed by atoms with E-state index in [4.69, 9.17) is 5.73 Å². The Bertz CT molecular complexity index is 801. The molecule has 0 atom stereocenters. The number of nitrogens with zero attached hydrogens (tertiary/aromatic N) is 2. The molecule has 27 heavy (non-hydrogen) atoms. The largest absolute Gasteiger partial charge is 0.471 e. The summed E-state index contributed by atoms with van der Waals surface area (Å²) < 4.78 is 39.7. The molecule has 1 aliphatic heterocycles. The van der Waals surface area contributed by atoms with Gasteiger partial charge in [0.25, 0.3) is 0 Å². The van der Waals surface area contributed by atoms with Gasteiger partial charge in [0.15, 0.2) is 0 Å². The third-order valence-corrected chi connectivity index (χ3v) is 5.02. The molecule has 1 saturated heterocycles. The van der Waals surface area contributed by atoms with Crippen LogP contribution >= 0.6 is 0 Å². The Hall–Kier alpha value is -2.28. The van der Waals surface area contributed by atoms with Crippen LogP contribution in [0.2, 0.25) is 0 Å². The summed E-state index contributed by atoms with van der Waals surface area (Å²) in [7, 11) is 0. The maximum Gasteiger partial charge on any atom is 0.471 e. The van der Waals surface area contributed by atoms with E-state index in [9.17, 15) is 18.0 Å². The number of carbonyl (C=O) groups excluding carboxylic acids is 1. The van der Waals surface area contributed by atoms with Crippen molar-refractivity contribution < 1.29 is 18.0 Å². The number of hydrogen-bond acceptors (Lipinski definition) is 3. The summed E-state index contributed by atoms with van der Waals surface area (Å²) in [5.41, 5.74) is 6.68. The van der Waals surface area contributed by atoms with Gasteiger partial charge in [-0.25, -0.2) is 0 Å². The smallest absolute Gasteiger partial charge is 0.398 e. The van der Waals surface area contributed by atoms with Crippen LogP contribution in [0.4, 0.5) is 24.5 Å². The Morgan fingerprint density at radius 2 is 1.70 bits per heavy atom. The summed E-state index contributed by atoms with van der Waals surface area (Å²) in [6.45, 7) is 2.65. The fraction of sp³-hybridized carbons (Fsp3) is 0.450. The van der Waals surface area contributed by atoms with Crippen LogP contribution in [0.15, 0.2) is 36.4 Å². The second-order valence-electron chi connectivity index (χ2n) is 6.93. The van der Waals surface area contributed by atoms with Gasteiger partial charge in [0.05, 0.1) is 5.69 Å². The van der Waals surface area contributed by atoms with Crippen LogP contribution in [-0.4, -0.2) is 43.2 Å². The number of nitrogen functional groups attached to an aromatic ring is 1. The number of likely N-dealkylation sites (tertiary alicyclic amines) is 1. The van der Waals surface area contributed by atoms with E-state index >= 15 is 0 Å². The topological polar surface area (TPSA) is 49.6 Å². The number of hydrogen-bond donors (Lipinski definition) is 1. The second kappa shape index (κ2) is 8.17. The molecule has 0 spiro atoms. The highest BCUT2D eigenvalue weighted by atomic mass is 19.4. The summed E-state index contributed by atoms with van der Waals surface area (Å²) >= 11 is 0. The lowest BCUT2D eigenvalue weighted by Crippen LogP contribution is -2.43. The van der Waals surface area contributed by atoms with Crippen LogP contribution in [0.3, 0.4) is 0 Å². The lowest BCUT2D eigenvalue weighted by molar-refractivity contribution is -0.170. The molecule has 0 aromatic heterocycles. The van der Waals surface area contributed by atoms with Crippen LogP contribution in [0, 0.1) is 0 Å². The van der Waals surface area contributed by atoms with E-state index in [0.717, 1.165) is 30.8 Å². The van der Waals surface area contributed by atoms with E-state index in [2.05, 4.69) is 4.90 Å². The fourth-order valence-corrected chi connectivity index (χ4v) is 3.66. The van der Waals surface area contributed by atoms with Gasteiger partial charge in [0.1, 0.15) is 0 Å². The Labute approximate surface area is 156 Å². The molecule has 146 valence electrons. The number of alkyl halides is 3. The maximum atomic E-state index is 13.2. The highest BCUT2D eigenvalue weighted by Gasteiger charge is 2.43. The zero-order chi connectivity index (χ0) is 19.4. The zero-order valence-corrected chi connectivity index (χ0v) is 15.1. The number of fused-ring (bicyclic) bond motifs is 1. The van der Waals surface area contributed by atoms with E-state index in [0.29, 0.717) is 29.4 Å². The first-order valence-electron chi connectivity index (χ1n) is 9.26. The van der Waals surface area contributed by atoms with Crippen LogP contribution in [0.1, 0.15) is 25.7 Å². The molecular weight excluding hydrogens is 355 g/mol. The molecule has 7 heteroatoms. The molecular formula is C20H24F3N3O. The quantitative estimate of drug-likeness (QED) is 0.793. The molecule has 4 nitrogen and oxygen atoms in total. The van der Waals surface area contributed by atoms with E-state index in [1.165, 1.54) is 12.5 Å². The molecule has 2 aromatic carbocycles. The van der Waals surface area contributed by atoms with Gasteiger partial charge in [0.2, 0.25) is 0 Å². The van der Waals surface area contributed by atoms with Crippen molar-refractivity contribution in [1.29, 1.82) is 0 Å². The van der Waals surface area contributed by atoms with Crippen LogP contribution in [0.5, 0.6) is 0 Å². The van der Waals surface area contributed by atoms with Gasteiger partial charge in [-0.05, 0) is 51.0 Å². The van der Waals surface area contributed by atoms with Crippen molar-refractivity contribution in [3.05, 3.63) is 36.4 Å². The fourth-order valence-electron chi connectivity index (χ4n) is 3.66. The van der Waals surface area contributed by atoms with Gasteiger partial charge in [-0.15, -0.1) is 0 Å². The van der Waals surface area contributed by atoms with Crippen LogP contribution in [0.25, 0.3) is 10.8 Å². The average molecular weight is 379 g/mol. The molecule has 3 rings (SSSR count). The summed E-state index contributed by atoms with van der Waals surface area (Å²) in [6.07, 6.45) is -0.998. The minimum absolute atomic E-state index is 0.0166. The number of halogens is 3. The normalized spacial score (nSPS) is 15.8. The Balaban J connectivity index is 1.86. The molecule has 2 aromatic rings. The van der Waals surface area contributed by atoms with Crippen molar-refractivity contribution in [1.82, 2.24) is 4.90 Å². The number of piperidine rings is 1. The monoisotopic (exact) mass is 379 g/mol. The first kappa shape index (κ1) is 19.5. The molecule has 2 N–H and O–H groups in total. The van der Waals surface area contributed by atoms with Crippen molar-refractivity contribution in [2.45, 2.75) is 31.9 Å². The third-order valence-electron chi connectivity index (χ3n) is 5.02. The summed E-state index contributed by atoms with van der Waals surface area (Å²) in [4.78, 5) is 15.2. The van der Waals surface area contributed by atoms with Gasteiger partial charge in [-0.1, -0.05) is 30.7 Å². The maximum absolute atomic E-state index is 13.2. The molecule has 0 aliphatic carbocycles. The van der Waals surface area contributed by atoms with Crippen molar-refractivity contribution in [3.63, 3.8) is 0 Å². The van der Waals surface area contributed by atoms with Gasteiger partial charge >= 0.3 is 12.1 Å². The first-order valence-corrected chi connectivity index (χ1v) is 9.26. The lowest BCUT2D eigenvalue weighted by atomic mass is 10.1. The number of nitrogens with two attached hydrogens (primary N) is 1. The van der Waals surface area contributed by atoms with Gasteiger partial charge in [0, 0.05) is 23.0 Å². The number of rotatable bonds is 5. The number of amides is 1. The predicted octanol–water partition coefficient (Wildman–Crippen LogP) is 4.19. The average Bonchev–Trinajstić information content (AvgIpc) is 2.66. The highest BCUT2D eigenvalue weighted by Crippen LogP contribution is 2.33. The molecule has 1 fully saturated rings. The molecule has 0 unspecified atom stereocenters. The Morgan fingerprint density at radius 1 is 1.04 bits per heavy atom. The number of benzene rings is 2. The molecule has 1 heterocycles. The highest BCUT2D eigenvalue weighted by molar-refractivity contribution is 6.08. The molecule has 0 saturated carbocycles. The van der Waals surface area contributed by atoms with Crippen molar-refractivity contribution >= 4 is 28.1 Å². The molecule has 1 amide bonds. The zero-order valence-electron chi connectivity index (χ0n) is 15.1. The van der Waals surface area contributed by atoms with Crippen LogP contribution < -0.4 is 10.6 Å². The molecule has 1 aliphatic rings. The molecule has 0 bridgehead atoms. The van der Waals surface area contributed by atoms with Gasteiger partial charge in [-0.3, -0.25) is 4.79 Å². The third kappa shape index (κ3) is 4.53. The minimum Gasteiger partial charge on any atom is -0.398 e. The Kier molecular flexibility index (Phi) is 5.89. The summed E-state index contributed by atoms with van der Waals surface area (Å²) in [6, 6.07) is 10.0. The standard InChI is InChI=1S/C20H24F3N3O/c21-20(22,23)19(27)26(14-6-13-25-11-4-1-5-12-25)18-10-9-17(24)15-7-2-3-8-16(15)18/h2-3,7-10H,1,4-6,11-14,24H2. The number of anilines is 2. The van der Waals surface area contributed by atoms with Crippen molar-refractivity contribution in [3.8, 4) is 0 Å². The predicted molar refractivity (Wildman–Crippen MR) is 102 cm³/mol. The van der Waals surface area contributed by atoms with Gasteiger partial charge < -0.3 is 15.5 Å². The van der Waals surface area contributed by atoms with Crippen molar-refractivity contribution in [2.75, 3.05) is 36.8 Å². The van der Waals surface area contributed by atoms with Crippen LogP contribution in [-0.2, 0) is 4.79 Å². The van der Waals surface area contributed by atoms with Gasteiger partial charge in [-0.2, -0.15) is 13.2 Å². The summed E-state index contributed by atoms with van der Waals surface area (Å²) in [5, 5.41) is 1.19. The second-order valence-corrected chi connectivity index (χ2v) is 6.93. The Morgan fingerprint density at radius 3 is 2.37 bits per heavy atom. The lowest BCUT2D eigenvalue weighted by Gasteiger charge is -2.29. The number of carbonyl (C=O) groups is 1. The van der Waals surface area contributed by atoms with Crippen molar-refractivity contribution in [2.24, 2.45) is 0 Å². The summed E-state index contributed by atoms with van der Waals surface area (Å²) in [5.74, 6) is -1.84. The van der Waals surface area contributed by atoms with E-state index in [-0.39, 0.29) is 12.2 Å². The van der Waals surface area contributed by atoms with E-state index in [1.807, 2.05) is 0 Å². The minimum atomic E-state index is -4.92. The first-order chi connectivity index (χ1) is 12.9.